The Bertz CT molecular complexity index is 496. The van der Waals surface area contributed by atoms with Gasteiger partial charge in [-0.2, -0.15) is 37.9 Å². The van der Waals surface area contributed by atoms with Crippen molar-refractivity contribution in [3.8, 4) is 5.75 Å². The van der Waals surface area contributed by atoms with Crippen LogP contribution in [-0.4, -0.2) is 16.3 Å². The Morgan fingerprint density at radius 1 is 0.917 bits per heavy atom. The number of fused-ring (bicyclic) bond motifs is 1. The van der Waals surface area contributed by atoms with Gasteiger partial charge in [0.25, 0.3) is 0 Å². The minimum Gasteiger partial charge on any atom is -0.489 e. The van der Waals surface area contributed by atoms with Crippen LogP contribution in [0.3, 0.4) is 0 Å². The first-order chi connectivity index (χ1) is 11.7. The van der Waals surface area contributed by atoms with Gasteiger partial charge < -0.3 is 4.74 Å². The summed E-state index contributed by atoms with van der Waals surface area (Å²) in [7, 11) is 0. The third-order valence-electron chi connectivity index (χ3n) is 4.74. The Balaban J connectivity index is 0.00000100. The quantitative estimate of drug-likeness (QED) is 0.303. The van der Waals surface area contributed by atoms with E-state index in [1.165, 1.54) is 80.2 Å². The topological polar surface area (TPSA) is 9.23 Å². The van der Waals surface area contributed by atoms with Crippen molar-refractivity contribution in [2.45, 2.75) is 79.1 Å². The highest BCUT2D eigenvalue weighted by Gasteiger charge is 2.20. The van der Waals surface area contributed by atoms with Gasteiger partial charge in [0.2, 0.25) is 0 Å². The second-order valence-electron chi connectivity index (χ2n) is 6.45. The van der Waals surface area contributed by atoms with E-state index in [0.29, 0.717) is 6.10 Å². The standard InChI is InChI=1S/C18H26OS3.CH4S/c20-18(21)22-17-12-14-8-6-7-13(14)11-16(17)19-15-9-4-2-1-3-5-10-15;1-2/h11-12,15,18,20-21H,1-10H2;2H,1H3. The maximum Gasteiger partial charge on any atom is 0.133 e. The van der Waals surface area contributed by atoms with Gasteiger partial charge >= 0.3 is 0 Å². The van der Waals surface area contributed by atoms with E-state index in [1.54, 1.807) is 18.0 Å². The Kier molecular flexibility index (Phi) is 9.67. The zero-order valence-electron chi connectivity index (χ0n) is 14.5. The van der Waals surface area contributed by atoms with Gasteiger partial charge in [-0.3, -0.25) is 0 Å². The highest BCUT2D eigenvalue weighted by atomic mass is 32.2. The molecule has 0 unspecified atom stereocenters. The summed E-state index contributed by atoms with van der Waals surface area (Å²) in [6, 6.07) is 4.62. The molecule has 0 heterocycles. The molecule has 136 valence electrons. The van der Waals surface area contributed by atoms with Gasteiger partial charge in [-0.25, -0.2) is 0 Å². The molecule has 1 nitrogen and oxygen atoms in total. The Morgan fingerprint density at radius 2 is 1.50 bits per heavy atom. The normalized spacial score (nSPS) is 18.4. The van der Waals surface area contributed by atoms with Crippen LogP contribution in [0.25, 0.3) is 0 Å². The molecule has 1 fully saturated rings. The first kappa shape index (κ1) is 20.7. The molecule has 1 aromatic carbocycles. The predicted octanol–water partition coefficient (Wildman–Crippen LogP) is 6.45. The summed E-state index contributed by atoms with van der Waals surface area (Å²) < 4.78 is 6.46. The Hall–Kier alpha value is 0.420. The van der Waals surface area contributed by atoms with Crippen LogP contribution in [0.4, 0.5) is 0 Å². The van der Waals surface area contributed by atoms with E-state index in [9.17, 15) is 0 Å². The van der Waals surface area contributed by atoms with Crippen LogP contribution < -0.4 is 4.74 Å². The number of benzene rings is 1. The fourth-order valence-corrected chi connectivity index (χ4v) is 4.93. The molecule has 0 saturated heterocycles. The lowest BCUT2D eigenvalue weighted by atomic mass is 9.98. The summed E-state index contributed by atoms with van der Waals surface area (Å²) in [4.78, 5) is 1.22. The second kappa shape index (κ2) is 11.2. The summed E-state index contributed by atoms with van der Waals surface area (Å²) in [5, 5.41) is 0. The summed E-state index contributed by atoms with van der Waals surface area (Å²) in [5.41, 5.74) is 2.98. The van der Waals surface area contributed by atoms with Gasteiger partial charge in [0.15, 0.2) is 0 Å². The van der Waals surface area contributed by atoms with E-state index in [1.807, 2.05) is 0 Å². The number of thioether (sulfide) groups is 1. The van der Waals surface area contributed by atoms with Crippen molar-refractivity contribution < 1.29 is 4.74 Å². The molecule has 1 saturated carbocycles. The highest BCUT2D eigenvalue weighted by Crippen LogP contribution is 2.40. The molecular weight excluding hydrogens is 372 g/mol. The van der Waals surface area contributed by atoms with E-state index < -0.39 is 0 Å². The van der Waals surface area contributed by atoms with Crippen molar-refractivity contribution >= 4 is 49.6 Å². The second-order valence-corrected chi connectivity index (χ2v) is 9.74. The van der Waals surface area contributed by atoms with Gasteiger partial charge in [0.05, 0.1) is 14.9 Å². The third kappa shape index (κ3) is 6.30. The van der Waals surface area contributed by atoms with Crippen LogP contribution in [0.2, 0.25) is 0 Å². The molecule has 3 rings (SSSR count). The summed E-state index contributed by atoms with van der Waals surface area (Å²) >= 11 is 14.1. The number of hydrogen-bond acceptors (Lipinski definition) is 5. The molecule has 0 atom stereocenters. The van der Waals surface area contributed by atoms with Gasteiger partial charge in [0, 0.05) is 0 Å². The van der Waals surface area contributed by atoms with Crippen LogP contribution in [0, 0.1) is 0 Å². The molecule has 0 aromatic heterocycles. The van der Waals surface area contributed by atoms with Gasteiger partial charge in [0.1, 0.15) is 5.75 Å². The van der Waals surface area contributed by atoms with E-state index >= 15 is 0 Å². The molecule has 24 heavy (non-hydrogen) atoms. The fourth-order valence-electron chi connectivity index (χ4n) is 3.59. The van der Waals surface area contributed by atoms with Crippen LogP contribution in [0.5, 0.6) is 5.75 Å². The van der Waals surface area contributed by atoms with Crippen molar-refractivity contribution in [2.24, 2.45) is 0 Å². The highest BCUT2D eigenvalue weighted by molar-refractivity contribution is 8.22. The molecule has 0 amide bonds. The van der Waals surface area contributed by atoms with Gasteiger partial charge in [-0.15, -0.1) is 0 Å². The fraction of sp³-hybridized carbons (Fsp3) is 0.684. The molecule has 0 bridgehead atoms. The molecule has 1 aromatic rings. The molecular formula is C19H30OS4. The number of hydrogen-bond donors (Lipinski definition) is 3. The van der Waals surface area contributed by atoms with E-state index in [2.05, 4.69) is 50.0 Å². The predicted molar refractivity (Wildman–Crippen MR) is 118 cm³/mol. The minimum atomic E-state index is -0.000799. The van der Waals surface area contributed by atoms with Gasteiger partial charge in [-0.05, 0) is 74.5 Å². The number of thiol groups is 3. The van der Waals surface area contributed by atoms with Crippen molar-refractivity contribution in [1.82, 2.24) is 0 Å². The molecule has 2 aliphatic carbocycles. The summed E-state index contributed by atoms with van der Waals surface area (Å²) in [5.74, 6) is 1.07. The molecule has 0 aliphatic heterocycles. The first-order valence-corrected chi connectivity index (χ1v) is 11.8. The van der Waals surface area contributed by atoms with Crippen LogP contribution >= 0.6 is 49.6 Å². The maximum atomic E-state index is 6.46. The molecule has 0 N–H and O–H groups in total. The average Bonchev–Trinajstić information content (AvgIpc) is 2.98. The lowest BCUT2D eigenvalue weighted by Crippen LogP contribution is -2.18. The largest absolute Gasteiger partial charge is 0.489 e. The van der Waals surface area contributed by atoms with Crippen molar-refractivity contribution in [2.75, 3.05) is 6.26 Å². The number of rotatable bonds is 4. The Morgan fingerprint density at radius 3 is 2.12 bits per heavy atom. The van der Waals surface area contributed by atoms with Crippen molar-refractivity contribution in [3.05, 3.63) is 23.3 Å². The number of aryl methyl sites for hydroxylation is 2. The SMILES string of the molecule is CS.SC(S)Sc1cc2c(cc1OC1CCCCCCC1)CCC2. The zero-order chi connectivity index (χ0) is 17.4. The van der Waals surface area contributed by atoms with Crippen LogP contribution in [0.1, 0.15) is 62.5 Å². The third-order valence-corrected chi connectivity index (χ3v) is 6.15. The maximum absolute atomic E-state index is 6.46. The smallest absolute Gasteiger partial charge is 0.133 e. The average molecular weight is 403 g/mol. The number of ether oxygens (including phenoxy) is 1. The van der Waals surface area contributed by atoms with Crippen LogP contribution in [-0.2, 0) is 12.8 Å². The zero-order valence-corrected chi connectivity index (χ0v) is 18.0. The van der Waals surface area contributed by atoms with E-state index in [4.69, 9.17) is 4.74 Å². The van der Waals surface area contributed by atoms with Crippen molar-refractivity contribution in [3.63, 3.8) is 0 Å². The van der Waals surface area contributed by atoms with E-state index in [-0.39, 0.29) is 3.91 Å². The lowest BCUT2D eigenvalue weighted by Gasteiger charge is -2.23. The molecule has 5 heteroatoms. The molecule has 0 spiro atoms. The van der Waals surface area contributed by atoms with Crippen LogP contribution in [0.15, 0.2) is 17.0 Å². The first-order valence-electron chi connectivity index (χ1n) is 9.02. The molecule has 2 aliphatic rings. The van der Waals surface area contributed by atoms with Gasteiger partial charge in [-0.1, -0.05) is 31.0 Å². The minimum absolute atomic E-state index is 0.000799. The lowest BCUT2D eigenvalue weighted by molar-refractivity contribution is 0.162. The summed E-state index contributed by atoms with van der Waals surface area (Å²) in [6.45, 7) is 0. The summed E-state index contributed by atoms with van der Waals surface area (Å²) in [6.07, 6.45) is 14.9. The van der Waals surface area contributed by atoms with Crippen molar-refractivity contribution in [1.29, 1.82) is 0 Å². The molecule has 0 radical (unpaired) electrons. The monoisotopic (exact) mass is 402 g/mol. The van der Waals surface area contributed by atoms with E-state index in [0.717, 1.165) is 5.75 Å². The Labute approximate surface area is 168 Å².